The number of nitrogens with zero attached hydrogens (tertiary/aromatic N) is 2. The van der Waals surface area contributed by atoms with E-state index in [1.54, 1.807) is 0 Å². The molecule has 1 fully saturated rings. The number of carbonyl (C=O) groups is 1. The zero-order chi connectivity index (χ0) is 14.3. The van der Waals surface area contributed by atoms with Crippen molar-refractivity contribution < 1.29 is 4.79 Å². The number of rotatable bonds is 7. The number of nitrogens with two attached hydrogens (primary N) is 1. The highest BCUT2D eigenvalue weighted by atomic mass is 16.2. The second kappa shape index (κ2) is 8.54. The van der Waals surface area contributed by atoms with Crippen LogP contribution in [0.1, 0.15) is 46.5 Å². The Bertz CT molecular complexity index is 256. The summed E-state index contributed by atoms with van der Waals surface area (Å²) >= 11 is 0. The molecule has 1 saturated heterocycles. The van der Waals surface area contributed by atoms with Gasteiger partial charge in [-0.15, -0.1) is 0 Å². The molecular weight excluding hydrogens is 238 g/mol. The van der Waals surface area contributed by atoms with E-state index in [2.05, 4.69) is 18.7 Å². The van der Waals surface area contributed by atoms with Gasteiger partial charge in [-0.3, -0.25) is 4.79 Å². The molecule has 1 aliphatic heterocycles. The molecule has 1 aliphatic rings. The van der Waals surface area contributed by atoms with Crippen LogP contribution in [0.25, 0.3) is 0 Å². The van der Waals surface area contributed by atoms with Crippen LogP contribution in [0, 0.1) is 5.92 Å². The van der Waals surface area contributed by atoms with Crippen molar-refractivity contribution >= 4 is 5.91 Å². The van der Waals surface area contributed by atoms with E-state index in [0.717, 1.165) is 51.4 Å². The summed E-state index contributed by atoms with van der Waals surface area (Å²) in [6.45, 7) is 11.7. The van der Waals surface area contributed by atoms with Gasteiger partial charge in [-0.25, -0.2) is 0 Å². The monoisotopic (exact) mass is 269 g/mol. The third kappa shape index (κ3) is 5.91. The minimum atomic E-state index is 0.129. The highest BCUT2D eigenvalue weighted by molar-refractivity contribution is 5.76. The maximum Gasteiger partial charge on any atom is 0.222 e. The average Bonchev–Trinajstić information content (AvgIpc) is 2.42. The normalized spacial score (nSPS) is 18.9. The van der Waals surface area contributed by atoms with E-state index >= 15 is 0 Å². The van der Waals surface area contributed by atoms with Crippen molar-refractivity contribution in [1.29, 1.82) is 0 Å². The van der Waals surface area contributed by atoms with Crippen molar-refractivity contribution in [2.75, 3.05) is 32.7 Å². The van der Waals surface area contributed by atoms with E-state index in [4.69, 9.17) is 5.73 Å². The van der Waals surface area contributed by atoms with Gasteiger partial charge in [0.15, 0.2) is 0 Å². The molecule has 1 amide bonds. The first kappa shape index (κ1) is 16.4. The molecule has 0 aromatic heterocycles. The molecule has 2 N–H and O–H groups in total. The summed E-state index contributed by atoms with van der Waals surface area (Å²) < 4.78 is 0. The second-order valence-electron chi connectivity index (χ2n) is 5.83. The fraction of sp³-hybridized carbons (Fsp3) is 0.933. The lowest BCUT2D eigenvalue weighted by atomic mass is 9.95. The van der Waals surface area contributed by atoms with Crippen LogP contribution in [0.5, 0.6) is 0 Å². The van der Waals surface area contributed by atoms with Gasteiger partial charge < -0.3 is 15.5 Å². The molecule has 4 nitrogen and oxygen atoms in total. The molecule has 0 saturated carbocycles. The Hall–Kier alpha value is -0.610. The number of piperidine rings is 1. The van der Waals surface area contributed by atoms with Crippen molar-refractivity contribution in [3.8, 4) is 0 Å². The largest absolute Gasteiger partial charge is 0.343 e. The Morgan fingerprint density at radius 2 is 1.89 bits per heavy atom. The molecule has 1 atom stereocenters. The second-order valence-corrected chi connectivity index (χ2v) is 5.83. The van der Waals surface area contributed by atoms with Gasteiger partial charge in [0, 0.05) is 32.1 Å². The van der Waals surface area contributed by atoms with Crippen LogP contribution in [0.2, 0.25) is 0 Å². The minimum absolute atomic E-state index is 0.129. The van der Waals surface area contributed by atoms with Gasteiger partial charge in [0.1, 0.15) is 0 Å². The van der Waals surface area contributed by atoms with Gasteiger partial charge in [0.2, 0.25) is 5.91 Å². The fourth-order valence-electron chi connectivity index (χ4n) is 2.72. The van der Waals surface area contributed by atoms with Crippen molar-refractivity contribution in [2.24, 2.45) is 11.7 Å². The highest BCUT2D eigenvalue weighted by Crippen LogP contribution is 2.19. The van der Waals surface area contributed by atoms with Gasteiger partial charge in [0.25, 0.3) is 0 Å². The van der Waals surface area contributed by atoms with Crippen molar-refractivity contribution in [1.82, 2.24) is 9.80 Å². The summed E-state index contributed by atoms with van der Waals surface area (Å²) in [5, 5.41) is 0. The summed E-state index contributed by atoms with van der Waals surface area (Å²) in [6, 6.07) is 0.129. The Balaban J connectivity index is 2.26. The summed E-state index contributed by atoms with van der Waals surface area (Å²) in [6.07, 6.45) is 3.72. The topological polar surface area (TPSA) is 49.6 Å². The first-order chi connectivity index (χ1) is 9.06. The predicted molar refractivity (Wildman–Crippen MR) is 80.0 cm³/mol. The lowest BCUT2D eigenvalue weighted by molar-refractivity contribution is -0.132. The molecule has 0 aliphatic carbocycles. The lowest BCUT2D eigenvalue weighted by Gasteiger charge is -2.34. The van der Waals surface area contributed by atoms with Gasteiger partial charge in [-0.2, -0.15) is 0 Å². The Labute approximate surface area is 118 Å². The fourth-order valence-corrected chi connectivity index (χ4v) is 2.72. The van der Waals surface area contributed by atoms with E-state index in [1.165, 1.54) is 6.54 Å². The molecule has 1 heterocycles. The third-order valence-corrected chi connectivity index (χ3v) is 4.19. The maximum absolute atomic E-state index is 12.0. The third-order valence-electron chi connectivity index (χ3n) is 4.19. The van der Waals surface area contributed by atoms with Crippen LogP contribution in [0.15, 0.2) is 0 Å². The van der Waals surface area contributed by atoms with Crippen molar-refractivity contribution in [3.05, 3.63) is 0 Å². The average molecular weight is 269 g/mol. The molecule has 0 aromatic rings. The van der Waals surface area contributed by atoms with Gasteiger partial charge in [-0.1, -0.05) is 13.8 Å². The summed E-state index contributed by atoms with van der Waals surface area (Å²) in [5.41, 5.74) is 5.70. The Morgan fingerprint density at radius 1 is 1.32 bits per heavy atom. The standard InChI is InChI=1S/C15H31N3O/c1-4-17(5-2)12-14-8-10-18(11-9-14)15(19)7-6-13(3)16/h13-14H,4-12,16H2,1-3H3. The van der Waals surface area contributed by atoms with Crippen LogP contribution < -0.4 is 5.73 Å². The van der Waals surface area contributed by atoms with E-state index in [0.29, 0.717) is 12.3 Å². The van der Waals surface area contributed by atoms with Crippen LogP contribution in [-0.2, 0) is 4.79 Å². The molecule has 19 heavy (non-hydrogen) atoms. The number of hydrogen-bond acceptors (Lipinski definition) is 3. The SMILES string of the molecule is CCN(CC)CC1CCN(C(=O)CCC(C)N)CC1. The zero-order valence-electron chi connectivity index (χ0n) is 12.9. The molecule has 4 heteroatoms. The number of likely N-dealkylation sites (tertiary alicyclic amines) is 1. The minimum Gasteiger partial charge on any atom is -0.343 e. The smallest absolute Gasteiger partial charge is 0.222 e. The lowest BCUT2D eigenvalue weighted by Crippen LogP contribution is -2.41. The van der Waals surface area contributed by atoms with Crippen molar-refractivity contribution in [2.45, 2.75) is 52.5 Å². The van der Waals surface area contributed by atoms with Crippen molar-refractivity contribution in [3.63, 3.8) is 0 Å². The first-order valence-electron chi connectivity index (χ1n) is 7.82. The van der Waals surface area contributed by atoms with Gasteiger partial charge >= 0.3 is 0 Å². The predicted octanol–water partition coefficient (Wildman–Crippen LogP) is 1.69. The molecule has 1 unspecified atom stereocenters. The molecule has 0 bridgehead atoms. The van der Waals surface area contributed by atoms with Crippen LogP contribution in [0.3, 0.4) is 0 Å². The number of hydrogen-bond donors (Lipinski definition) is 1. The molecule has 0 aromatic carbocycles. The quantitative estimate of drug-likeness (QED) is 0.765. The summed E-state index contributed by atoms with van der Waals surface area (Å²) in [7, 11) is 0. The van der Waals surface area contributed by atoms with E-state index in [9.17, 15) is 4.79 Å². The van der Waals surface area contributed by atoms with E-state index in [1.807, 2.05) is 11.8 Å². The van der Waals surface area contributed by atoms with Gasteiger partial charge in [-0.05, 0) is 45.2 Å². The number of amides is 1. The molecule has 112 valence electrons. The van der Waals surface area contributed by atoms with Crippen LogP contribution in [-0.4, -0.2) is 54.5 Å². The molecule has 0 radical (unpaired) electrons. The summed E-state index contributed by atoms with van der Waals surface area (Å²) in [4.78, 5) is 16.5. The van der Waals surface area contributed by atoms with E-state index < -0.39 is 0 Å². The van der Waals surface area contributed by atoms with E-state index in [-0.39, 0.29) is 6.04 Å². The highest BCUT2D eigenvalue weighted by Gasteiger charge is 2.23. The molecular formula is C15H31N3O. The van der Waals surface area contributed by atoms with Gasteiger partial charge in [0.05, 0.1) is 0 Å². The Kier molecular flexibility index (Phi) is 7.39. The first-order valence-corrected chi connectivity index (χ1v) is 7.82. The summed E-state index contributed by atoms with van der Waals surface area (Å²) in [5.74, 6) is 1.05. The Morgan fingerprint density at radius 3 is 2.37 bits per heavy atom. The van der Waals surface area contributed by atoms with Crippen LogP contribution in [0.4, 0.5) is 0 Å². The zero-order valence-corrected chi connectivity index (χ0v) is 12.9. The van der Waals surface area contributed by atoms with Crippen LogP contribution >= 0.6 is 0 Å². The maximum atomic E-state index is 12.0. The molecule has 0 spiro atoms. The molecule has 1 rings (SSSR count). The number of carbonyl (C=O) groups excluding carboxylic acids is 1.